The van der Waals surface area contributed by atoms with Crippen LogP contribution in [0.25, 0.3) is 0 Å². The molecule has 0 radical (unpaired) electrons. The highest BCUT2D eigenvalue weighted by molar-refractivity contribution is 6.30. The van der Waals surface area contributed by atoms with E-state index in [1.807, 2.05) is 0 Å². The van der Waals surface area contributed by atoms with E-state index in [1.54, 1.807) is 55.6 Å². The molecule has 1 heterocycles. The zero-order chi connectivity index (χ0) is 25.5. The number of hydrogen-bond acceptors (Lipinski definition) is 5. The summed E-state index contributed by atoms with van der Waals surface area (Å²) >= 11 is 6.14. The van der Waals surface area contributed by atoms with E-state index in [0.29, 0.717) is 21.9 Å². The minimum atomic E-state index is -1.00. The van der Waals surface area contributed by atoms with Crippen molar-refractivity contribution in [1.29, 1.82) is 0 Å². The standard InChI is InChI=1S/C25H28ClN3O6/c1-28-14-18(12-17-13-19(26)8-10-21(17)35-2)24(33)29(15-22(28)30)25(34)27-20(9-11-23(31)32)16-6-4-3-5-7-16/h3-8,10,13,18,20H,9,11-12,14-15H2,1-2H3,(H,27,34)(H,31,32). The lowest BCUT2D eigenvalue weighted by Gasteiger charge is -2.26. The van der Waals surface area contributed by atoms with Crippen molar-refractivity contribution >= 4 is 35.4 Å². The maximum atomic E-state index is 13.5. The zero-order valence-corrected chi connectivity index (χ0v) is 20.3. The number of carbonyl (C=O) groups excluding carboxylic acids is 3. The molecule has 0 saturated carbocycles. The molecule has 2 aromatic carbocycles. The predicted molar refractivity (Wildman–Crippen MR) is 129 cm³/mol. The van der Waals surface area contributed by atoms with Gasteiger partial charge in [0, 0.05) is 25.0 Å². The number of carbonyl (C=O) groups is 4. The Bertz CT molecular complexity index is 1090. The second kappa shape index (κ2) is 11.7. The smallest absolute Gasteiger partial charge is 0.325 e. The molecule has 35 heavy (non-hydrogen) atoms. The van der Waals surface area contributed by atoms with Crippen molar-refractivity contribution in [3.63, 3.8) is 0 Å². The number of amides is 4. The first kappa shape index (κ1) is 26.0. The van der Waals surface area contributed by atoms with Crippen LogP contribution in [0.15, 0.2) is 48.5 Å². The van der Waals surface area contributed by atoms with Gasteiger partial charge in [-0.05, 0) is 42.2 Å². The Morgan fingerprint density at radius 2 is 1.91 bits per heavy atom. The fraction of sp³-hybridized carbons (Fsp3) is 0.360. The van der Waals surface area contributed by atoms with Gasteiger partial charge in [-0.25, -0.2) is 4.79 Å². The fourth-order valence-corrected chi connectivity index (χ4v) is 4.26. The number of ether oxygens (including phenoxy) is 1. The van der Waals surface area contributed by atoms with Crippen molar-refractivity contribution in [1.82, 2.24) is 15.1 Å². The van der Waals surface area contributed by atoms with Crippen LogP contribution in [0.3, 0.4) is 0 Å². The number of carboxylic acids is 1. The van der Waals surface area contributed by atoms with E-state index in [2.05, 4.69) is 5.32 Å². The minimum Gasteiger partial charge on any atom is -0.496 e. The molecule has 2 unspecified atom stereocenters. The summed E-state index contributed by atoms with van der Waals surface area (Å²) in [4.78, 5) is 52.8. The third kappa shape index (κ3) is 6.73. The van der Waals surface area contributed by atoms with Crippen molar-refractivity contribution in [2.24, 2.45) is 5.92 Å². The van der Waals surface area contributed by atoms with E-state index in [1.165, 1.54) is 12.0 Å². The number of benzene rings is 2. The van der Waals surface area contributed by atoms with Gasteiger partial charge in [0.1, 0.15) is 12.3 Å². The number of aliphatic carboxylic acids is 1. The molecule has 0 bridgehead atoms. The molecule has 186 valence electrons. The monoisotopic (exact) mass is 501 g/mol. The van der Waals surface area contributed by atoms with Crippen LogP contribution in [0.5, 0.6) is 5.75 Å². The molecule has 3 rings (SSSR count). The molecular formula is C25H28ClN3O6. The lowest BCUT2D eigenvalue weighted by atomic mass is 9.97. The molecule has 0 aromatic heterocycles. The molecule has 1 aliphatic rings. The molecule has 1 saturated heterocycles. The largest absolute Gasteiger partial charge is 0.496 e. The molecule has 10 heteroatoms. The second-order valence-corrected chi connectivity index (χ2v) is 8.84. The van der Waals surface area contributed by atoms with E-state index in [4.69, 9.17) is 21.4 Å². The Hall–Kier alpha value is -3.59. The van der Waals surface area contributed by atoms with Crippen LogP contribution in [-0.2, 0) is 20.8 Å². The summed E-state index contributed by atoms with van der Waals surface area (Å²) in [6, 6.07) is 12.6. The van der Waals surface area contributed by atoms with Gasteiger partial charge in [0.05, 0.1) is 19.1 Å². The first-order valence-corrected chi connectivity index (χ1v) is 11.5. The Balaban J connectivity index is 1.85. The highest BCUT2D eigenvalue weighted by atomic mass is 35.5. The average molecular weight is 502 g/mol. The molecule has 9 nitrogen and oxygen atoms in total. The number of carboxylic acid groups (broad SMARTS) is 1. The summed E-state index contributed by atoms with van der Waals surface area (Å²) in [5.74, 6) is -2.05. The van der Waals surface area contributed by atoms with Crippen LogP contribution in [0, 0.1) is 5.92 Å². The van der Waals surface area contributed by atoms with Gasteiger partial charge in [-0.1, -0.05) is 41.9 Å². The van der Waals surface area contributed by atoms with E-state index in [9.17, 15) is 19.2 Å². The van der Waals surface area contributed by atoms with Crippen molar-refractivity contribution in [3.8, 4) is 5.75 Å². The first-order chi connectivity index (χ1) is 16.7. The third-order valence-corrected chi connectivity index (χ3v) is 6.16. The van der Waals surface area contributed by atoms with E-state index < -0.39 is 36.4 Å². The number of rotatable bonds is 8. The van der Waals surface area contributed by atoms with Crippen LogP contribution in [0.1, 0.15) is 30.0 Å². The molecule has 2 atom stereocenters. The Morgan fingerprint density at radius 1 is 1.20 bits per heavy atom. The second-order valence-electron chi connectivity index (χ2n) is 8.40. The maximum Gasteiger partial charge on any atom is 0.325 e. The zero-order valence-electron chi connectivity index (χ0n) is 19.6. The quantitative estimate of drug-likeness (QED) is 0.574. The number of likely N-dealkylation sites (N-methyl/N-ethyl adjacent to an activating group) is 1. The number of urea groups is 1. The number of hydrogen-bond donors (Lipinski definition) is 2. The Kier molecular flexibility index (Phi) is 8.70. The van der Waals surface area contributed by atoms with Gasteiger partial charge >= 0.3 is 12.0 Å². The van der Waals surface area contributed by atoms with Gasteiger partial charge in [-0.2, -0.15) is 0 Å². The predicted octanol–water partition coefficient (Wildman–Crippen LogP) is 3.12. The number of nitrogens with one attached hydrogen (secondary N) is 1. The van der Waals surface area contributed by atoms with Gasteiger partial charge in [-0.15, -0.1) is 0 Å². The lowest BCUT2D eigenvalue weighted by molar-refractivity contribution is -0.137. The van der Waals surface area contributed by atoms with Crippen molar-refractivity contribution < 1.29 is 29.0 Å². The minimum absolute atomic E-state index is 0.123. The van der Waals surface area contributed by atoms with E-state index in [0.717, 1.165) is 4.90 Å². The van der Waals surface area contributed by atoms with Gasteiger partial charge in [0.2, 0.25) is 11.8 Å². The van der Waals surface area contributed by atoms with E-state index >= 15 is 0 Å². The molecule has 1 fully saturated rings. The Morgan fingerprint density at radius 3 is 2.57 bits per heavy atom. The third-order valence-electron chi connectivity index (χ3n) is 5.93. The average Bonchev–Trinajstić information content (AvgIpc) is 2.94. The van der Waals surface area contributed by atoms with Crippen molar-refractivity contribution in [2.45, 2.75) is 25.3 Å². The number of halogens is 1. The van der Waals surface area contributed by atoms with Crippen LogP contribution in [0.4, 0.5) is 4.79 Å². The summed E-state index contributed by atoms with van der Waals surface area (Å²) in [6.45, 7) is -0.289. The van der Waals surface area contributed by atoms with E-state index in [-0.39, 0.29) is 31.7 Å². The molecule has 2 aromatic rings. The Labute approximate surface area is 208 Å². The summed E-state index contributed by atoms with van der Waals surface area (Å²) in [5.41, 5.74) is 1.39. The van der Waals surface area contributed by atoms with Gasteiger partial charge < -0.3 is 20.1 Å². The topological polar surface area (TPSA) is 116 Å². The summed E-state index contributed by atoms with van der Waals surface area (Å²) < 4.78 is 5.39. The van der Waals surface area contributed by atoms with Gasteiger partial charge in [-0.3, -0.25) is 19.3 Å². The van der Waals surface area contributed by atoms with Crippen molar-refractivity contribution in [2.75, 3.05) is 27.2 Å². The van der Waals surface area contributed by atoms with Crippen molar-refractivity contribution in [3.05, 3.63) is 64.7 Å². The highest BCUT2D eigenvalue weighted by Crippen LogP contribution is 2.27. The maximum absolute atomic E-state index is 13.5. The summed E-state index contributed by atoms with van der Waals surface area (Å²) in [5, 5.41) is 12.4. The SMILES string of the molecule is COc1ccc(Cl)cc1CC1CN(C)C(=O)CN(C(=O)NC(CCC(=O)O)c2ccccc2)C1=O. The van der Waals surface area contributed by atoms with Gasteiger partial charge in [0.25, 0.3) is 0 Å². The summed E-state index contributed by atoms with van der Waals surface area (Å²) in [7, 11) is 3.09. The lowest BCUT2D eigenvalue weighted by Crippen LogP contribution is -2.48. The molecule has 4 amide bonds. The first-order valence-electron chi connectivity index (χ1n) is 11.1. The number of imide groups is 1. The number of methoxy groups -OCH3 is 1. The molecule has 0 aliphatic carbocycles. The molecule has 2 N–H and O–H groups in total. The summed E-state index contributed by atoms with van der Waals surface area (Å²) in [6.07, 6.45) is 0.168. The highest BCUT2D eigenvalue weighted by Gasteiger charge is 2.37. The van der Waals surface area contributed by atoms with Crippen LogP contribution >= 0.6 is 11.6 Å². The fourth-order valence-electron chi connectivity index (χ4n) is 4.06. The van der Waals surface area contributed by atoms with Gasteiger partial charge in [0.15, 0.2) is 0 Å². The van der Waals surface area contributed by atoms with Crippen LogP contribution < -0.4 is 10.1 Å². The van der Waals surface area contributed by atoms with Crippen LogP contribution in [0.2, 0.25) is 5.02 Å². The molecule has 0 spiro atoms. The molecular weight excluding hydrogens is 474 g/mol. The van der Waals surface area contributed by atoms with Crippen LogP contribution in [-0.4, -0.2) is 66.0 Å². The normalized spacial score (nSPS) is 17.1. The molecule has 1 aliphatic heterocycles. The number of nitrogens with zero attached hydrogens (tertiary/aromatic N) is 2.